The van der Waals surface area contributed by atoms with Crippen LogP contribution in [0.5, 0.6) is 0 Å². The molecule has 1 aromatic heterocycles. The molecule has 1 fully saturated rings. The molecule has 0 atom stereocenters. The predicted molar refractivity (Wildman–Crippen MR) is 66.0 cm³/mol. The number of carbonyl (C=O) groups is 1. The number of hydrogen-bond acceptors (Lipinski definition) is 6. The molecule has 0 radical (unpaired) electrons. The molecule has 1 amide bonds. The molecule has 2 aliphatic rings. The van der Waals surface area contributed by atoms with Crippen molar-refractivity contribution >= 4 is 6.09 Å². The number of nitrogens with zero attached hydrogens (tertiary/aromatic N) is 3. The maximum atomic E-state index is 11.9. The molecule has 108 valence electrons. The average molecular weight is 281 g/mol. The number of piperidine rings is 1. The van der Waals surface area contributed by atoms with Crippen molar-refractivity contribution in [1.29, 1.82) is 0 Å². The van der Waals surface area contributed by atoms with Crippen LogP contribution in [-0.4, -0.2) is 45.5 Å². The van der Waals surface area contributed by atoms with Gasteiger partial charge in [-0.1, -0.05) is 0 Å². The molecular formula is C12H15N3O5. The third kappa shape index (κ3) is 1.97. The minimum Gasteiger partial charge on any atom is -0.365 e. The Morgan fingerprint density at radius 3 is 2.85 bits per heavy atom. The molecule has 8 nitrogen and oxygen atoms in total. The molecule has 1 saturated heterocycles. The zero-order valence-electron chi connectivity index (χ0n) is 10.8. The van der Waals surface area contributed by atoms with Gasteiger partial charge in [0, 0.05) is 38.2 Å². The van der Waals surface area contributed by atoms with E-state index in [1.54, 1.807) is 4.57 Å². The smallest absolute Gasteiger partial charge is 0.365 e. The van der Waals surface area contributed by atoms with E-state index in [4.69, 9.17) is 9.99 Å². The summed E-state index contributed by atoms with van der Waals surface area (Å²) in [7, 11) is 0. The van der Waals surface area contributed by atoms with E-state index in [1.807, 2.05) is 0 Å². The van der Waals surface area contributed by atoms with E-state index in [9.17, 15) is 9.59 Å². The topological polar surface area (TPSA) is 93.9 Å². The number of rotatable bonds is 0. The van der Waals surface area contributed by atoms with Crippen LogP contribution < -0.4 is 5.56 Å². The van der Waals surface area contributed by atoms with Gasteiger partial charge in [-0.25, -0.2) is 9.78 Å². The van der Waals surface area contributed by atoms with E-state index >= 15 is 0 Å². The maximum absolute atomic E-state index is 11.9. The summed E-state index contributed by atoms with van der Waals surface area (Å²) >= 11 is 0. The summed E-state index contributed by atoms with van der Waals surface area (Å²) < 4.78 is 7.51. The fourth-order valence-electron chi connectivity index (χ4n) is 2.89. The van der Waals surface area contributed by atoms with Gasteiger partial charge in [0.1, 0.15) is 11.4 Å². The first kappa shape index (κ1) is 13.1. The van der Waals surface area contributed by atoms with Crippen molar-refractivity contribution in [3.05, 3.63) is 28.4 Å². The minimum atomic E-state index is -0.769. The number of carbonyl (C=O) groups excluding carboxylic acids is 1. The highest BCUT2D eigenvalue weighted by molar-refractivity contribution is 5.66. The number of fused-ring (bicyclic) bond motifs is 2. The standard InChI is InChI=1S/C12H15N3O5/c16-9-1-4-13-10-12(19-8-7-15(9)10)2-5-14(6-3-12)11(17)20-18/h1,4,18H,2-3,5-8H2. The monoisotopic (exact) mass is 281 g/mol. The molecule has 0 aliphatic carbocycles. The normalized spacial score (nSPS) is 20.6. The Bertz CT molecular complexity index is 577. The number of ether oxygens (including phenoxy) is 1. The van der Waals surface area contributed by atoms with Crippen molar-refractivity contribution in [2.45, 2.75) is 25.0 Å². The highest BCUT2D eigenvalue weighted by Gasteiger charge is 2.44. The lowest BCUT2D eigenvalue weighted by molar-refractivity contribution is -0.193. The SMILES string of the molecule is O=C(OO)N1CCC2(CC1)OCCn1c2nccc1=O. The molecule has 8 heteroatoms. The molecular weight excluding hydrogens is 266 g/mol. The van der Waals surface area contributed by atoms with Crippen LogP contribution in [-0.2, 0) is 21.8 Å². The number of aromatic nitrogens is 2. The summed E-state index contributed by atoms with van der Waals surface area (Å²) in [5.74, 6) is 0.619. The van der Waals surface area contributed by atoms with E-state index in [-0.39, 0.29) is 5.56 Å². The summed E-state index contributed by atoms with van der Waals surface area (Å²) in [5.41, 5.74) is -0.722. The van der Waals surface area contributed by atoms with E-state index in [2.05, 4.69) is 9.87 Å². The fraction of sp³-hybridized carbons (Fsp3) is 0.583. The second-order valence-electron chi connectivity index (χ2n) is 4.95. The Morgan fingerprint density at radius 1 is 1.40 bits per heavy atom. The van der Waals surface area contributed by atoms with Gasteiger partial charge in [-0.15, -0.1) is 0 Å². The van der Waals surface area contributed by atoms with E-state index in [1.165, 1.54) is 17.2 Å². The van der Waals surface area contributed by atoms with Gasteiger partial charge in [0.05, 0.1) is 13.2 Å². The van der Waals surface area contributed by atoms with Crippen molar-refractivity contribution in [3.8, 4) is 0 Å². The Labute approximate surface area is 114 Å². The molecule has 1 aromatic rings. The van der Waals surface area contributed by atoms with Crippen molar-refractivity contribution in [2.24, 2.45) is 0 Å². The summed E-state index contributed by atoms with van der Waals surface area (Å²) in [5, 5.41) is 8.40. The highest BCUT2D eigenvalue weighted by atomic mass is 17.1. The van der Waals surface area contributed by atoms with Gasteiger partial charge in [-0.3, -0.25) is 14.2 Å². The molecule has 1 N–H and O–H groups in total. The molecule has 20 heavy (non-hydrogen) atoms. The lowest BCUT2D eigenvalue weighted by atomic mass is 9.89. The lowest BCUT2D eigenvalue weighted by Crippen LogP contribution is -2.51. The zero-order valence-corrected chi connectivity index (χ0v) is 10.8. The summed E-state index contributed by atoms with van der Waals surface area (Å²) in [4.78, 5) is 32.6. The fourth-order valence-corrected chi connectivity index (χ4v) is 2.89. The molecule has 0 bridgehead atoms. The summed E-state index contributed by atoms with van der Waals surface area (Å²) in [6.45, 7) is 1.70. The van der Waals surface area contributed by atoms with Crippen LogP contribution in [0.4, 0.5) is 4.79 Å². The Kier molecular flexibility index (Phi) is 3.19. The largest absolute Gasteiger partial charge is 0.441 e. The van der Waals surface area contributed by atoms with Gasteiger partial charge in [0.25, 0.3) is 5.56 Å². The first-order valence-electron chi connectivity index (χ1n) is 6.47. The summed E-state index contributed by atoms with van der Waals surface area (Å²) in [6.07, 6.45) is 1.74. The molecule has 0 saturated carbocycles. The van der Waals surface area contributed by atoms with E-state index < -0.39 is 11.7 Å². The predicted octanol–water partition coefficient (Wildman–Crippen LogP) is 0.174. The third-order valence-corrected chi connectivity index (χ3v) is 3.94. The van der Waals surface area contributed by atoms with Crippen molar-refractivity contribution < 1.29 is 19.7 Å². The zero-order chi connectivity index (χ0) is 14.2. The molecule has 0 unspecified atom stereocenters. The number of amides is 1. The maximum Gasteiger partial charge on any atom is 0.441 e. The molecule has 3 rings (SSSR count). The van der Waals surface area contributed by atoms with Crippen LogP contribution in [0.25, 0.3) is 0 Å². The number of hydrogen-bond donors (Lipinski definition) is 1. The Hall–Kier alpha value is -1.93. The van der Waals surface area contributed by atoms with Crippen LogP contribution in [0, 0.1) is 0 Å². The lowest BCUT2D eigenvalue weighted by Gasteiger charge is -2.43. The van der Waals surface area contributed by atoms with Crippen molar-refractivity contribution in [1.82, 2.24) is 14.5 Å². The van der Waals surface area contributed by atoms with Crippen LogP contribution in [0.15, 0.2) is 17.1 Å². The quantitative estimate of drug-likeness (QED) is 0.538. The van der Waals surface area contributed by atoms with Gasteiger partial charge in [-0.05, 0) is 0 Å². The molecule has 0 aromatic carbocycles. The summed E-state index contributed by atoms with van der Waals surface area (Å²) in [6, 6.07) is 1.43. The first-order valence-corrected chi connectivity index (χ1v) is 6.47. The van der Waals surface area contributed by atoms with Gasteiger partial charge in [0.2, 0.25) is 0 Å². The van der Waals surface area contributed by atoms with Gasteiger partial charge in [-0.2, -0.15) is 5.26 Å². The van der Waals surface area contributed by atoms with Gasteiger partial charge in [0.15, 0.2) is 0 Å². The van der Waals surface area contributed by atoms with Crippen LogP contribution in [0.1, 0.15) is 18.7 Å². The first-order chi connectivity index (χ1) is 9.66. The second-order valence-corrected chi connectivity index (χ2v) is 4.95. The van der Waals surface area contributed by atoms with Gasteiger partial charge < -0.3 is 9.64 Å². The molecule has 3 heterocycles. The van der Waals surface area contributed by atoms with Gasteiger partial charge >= 0.3 is 6.09 Å². The van der Waals surface area contributed by atoms with Crippen LogP contribution in [0.2, 0.25) is 0 Å². The highest BCUT2D eigenvalue weighted by Crippen LogP contribution is 2.37. The van der Waals surface area contributed by atoms with E-state index in [0.29, 0.717) is 44.9 Å². The average Bonchev–Trinajstić information content (AvgIpc) is 2.49. The van der Waals surface area contributed by atoms with Crippen molar-refractivity contribution in [3.63, 3.8) is 0 Å². The number of likely N-dealkylation sites (tertiary alicyclic amines) is 1. The van der Waals surface area contributed by atoms with Crippen LogP contribution in [0.3, 0.4) is 0 Å². The second kappa shape index (κ2) is 4.88. The molecule has 2 aliphatic heterocycles. The van der Waals surface area contributed by atoms with E-state index in [0.717, 1.165) is 0 Å². The van der Waals surface area contributed by atoms with Crippen molar-refractivity contribution in [2.75, 3.05) is 19.7 Å². The Morgan fingerprint density at radius 2 is 2.15 bits per heavy atom. The Balaban J connectivity index is 1.88. The minimum absolute atomic E-state index is 0.0881. The third-order valence-electron chi connectivity index (χ3n) is 3.94. The van der Waals surface area contributed by atoms with Crippen LogP contribution >= 0.6 is 0 Å². The molecule has 1 spiro atoms.